The number of carbonyl (C=O) groups excluding carboxylic acids is 3. The Kier molecular flexibility index (Phi) is 10.7. The van der Waals surface area contributed by atoms with Crippen LogP contribution in [-0.2, 0) is 33.3 Å². The molecule has 0 N–H and O–H groups in total. The van der Waals surface area contributed by atoms with E-state index in [1.54, 1.807) is 0 Å². The Morgan fingerprint density at radius 1 is 0.750 bits per heavy atom. The Labute approximate surface area is 165 Å². The Morgan fingerprint density at radius 2 is 1.21 bits per heavy atom. The number of hydrogen-bond donors (Lipinski definition) is 0. The summed E-state index contributed by atoms with van der Waals surface area (Å²) in [5.41, 5.74) is 0. The normalized spacial score (nSPS) is 16.6. The first-order valence-corrected chi connectivity index (χ1v) is 9.81. The maximum atomic E-state index is 11.8. The predicted octanol–water partition coefficient (Wildman–Crippen LogP) is -0.00970. The molecule has 0 spiro atoms. The van der Waals surface area contributed by atoms with Crippen molar-refractivity contribution in [1.82, 2.24) is 9.80 Å². The number of hydrogen-bond acceptors (Lipinski definition) is 7. The number of carbonyl (C=O) groups is 3. The molecule has 1 fully saturated rings. The van der Waals surface area contributed by atoms with Crippen molar-refractivity contribution in [3.8, 4) is 0 Å². The van der Waals surface area contributed by atoms with E-state index in [-0.39, 0.29) is 30.9 Å². The zero-order chi connectivity index (χ0) is 20.0. The SMILES string of the molecule is O=C(CCOCCOCCOCCOCCN1C(=O)C=CC1=O)N1CCCC1. The van der Waals surface area contributed by atoms with Gasteiger partial charge in [0.25, 0.3) is 11.8 Å². The van der Waals surface area contributed by atoms with Crippen molar-refractivity contribution in [3.05, 3.63) is 12.2 Å². The van der Waals surface area contributed by atoms with E-state index in [2.05, 4.69) is 0 Å². The predicted molar refractivity (Wildman–Crippen MR) is 99.6 cm³/mol. The first-order valence-electron chi connectivity index (χ1n) is 9.81. The van der Waals surface area contributed by atoms with Crippen LogP contribution in [0, 0.1) is 0 Å². The van der Waals surface area contributed by atoms with Gasteiger partial charge in [-0.2, -0.15) is 0 Å². The Balaban J connectivity index is 1.28. The van der Waals surface area contributed by atoms with Gasteiger partial charge in [0.05, 0.1) is 65.8 Å². The van der Waals surface area contributed by atoms with Gasteiger partial charge < -0.3 is 23.8 Å². The fourth-order valence-corrected chi connectivity index (χ4v) is 2.85. The molecular weight excluding hydrogens is 368 g/mol. The second-order valence-electron chi connectivity index (χ2n) is 6.45. The third-order valence-electron chi connectivity index (χ3n) is 4.39. The summed E-state index contributed by atoms with van der Waals surface area (Å²) in [4.78, 5) is 37.5. The van der Waals surface area contributed by atoms with Gasteiger partial charge in [-0.25, -0.2) is 0 Å². The van der Waals surface area contributed by atoms with Gasteiger partial charge in [-0.3, -0.25) is 19.3 Å². The first kappa shape index (κ1) is 22.5. The lowest BCUT2D eigenvalue weighted by Crippen LogP contribution is -2.33. The average Bonchev–Trinajstić information content (AvgIpc) is 3.33. The van der Waals surface area contributed by atoms with Crippen molar-refractivity contribution >= 4 is 17.7 Å². The van der Waals surface area contributed by atoms with Gasteiger partial charge in [0.1, 0.15) is 0 Å². The number of likely N-dealkylation sites (tertiary alicyclic amines) is 1. The molecule has 158 valence electrons. The van der Waals surface area contributed by atoms with Gasteiger partial charge in [-0.15, -0.1) is 0 Å². The van der Waals surface area contributed by atoms with Gasteiger partial charge in [-0.05, 0) is 12.8 Å². The summed E-state index contributed by atoms with van der Waals surface area (Å²) in [6.07, 6.45) is 5.15. The van der Waals surface area contributed by atoms with E-state index >= 15 is 0 Å². The van der Waals surface area contributed by atoms with Crippen LogP contribution in [0.5, 0.6) is 0 Å². The van der Waals surface area contributed by atoms with Crippen LogP contribution in [0.4, 0.5) is 0 Å². The van der Waals surface area contributed by atoms with E-state index in [4.69, 9.17) is 18.9 Å². The van der Waals surface area contributed by atoms with Crippen LogP contribution < -0.4 is 0 Å². The molecule has 2 aliphatic rings. The highest BCUT2D eigenvalue weighted by molar-refractivity contribution is 6.12. The van der Waals surface area contributed by atoms with E-state index in [0.29, 0.717) is 52.7 Å². The highest BCUT2D eigenvalue weighted by atomic mass is 16.6. The molecule has 2 aliphatic heterocycles. The van der Waals surface area contributed by atoms with Crippen LogP contribution in [0.1, 0.15) is 19.3 Å². The smallest absolute Gasteiger partial charge is 0.253 e. The van der Waals surface area contributed by atoms with E-state index < -0.39 is 0 Å². The standard InChI is InChI=1S/C19H30N2O7/c22-17(20-6-1-2-7-20)5-9-25-11-13-27-15-16-28-14-12-26-10-8-21-18(23)3-4-19(21)24/h3-4H,1-2,5-16H2. The number of nitrogens with zero attached hydrogens (tertiary/aromatic N) is 2. The van der Waals surface area contributed by atoms with Crippen molar-refractivity contribution < 1.29 is 33.3 Å². The molecule has 0 aromatic rings. The number of amides is 3. The molecule has 9 heteroatoms. The number of imide groups is 1. The molecule has 9 nitrogen and oxygen atoms in total. The van der Waals surface area contributed by atoms with Crippen molar-refractivity contribution in [2.45, 2.75) is 19.3 Å². The van der Waals surface area contributed by atoms with Crippen LogP contribution in [-0.4, -0.2) is 100 Å². The highest BCUT2D eigenvalue weighted by Gasteiger charge is 2.22. The molecule has 2 heterocycles. The molecule has 1 saturated heterocycles. The summed E-state index contributed by atoms with van der Waals surface area (Å²) in [7, 11) is 0. The van der Waals surface area contributed by atoms with Crippen LogP contribution >= 0.6 is 0 Å². The molecule has 2 rings (SSSR count). The van der Waals surface area contributed by atoms with Crippen LogP contribution in [0.15, 0.2) is 12.2 Å². The first-order chi connectivity index (χ1) is 13.7. The van der Waals surface area contributed by atoms with Crippen molar-refractivity contribution in [2.75, 3.05) is 72.5 Å². The van der Waals surface area contributed by atoms with Gasteiger partial charge in [0.2, 0.25) is 5.91 Å². The summed E-state index contributed by atoms with van der Waals surface area (Å²) in [5, 5.41) is 0. The Hall–Kier alpha value is -1.81. The Bertz CT molecular complexity index is 514. The summed E-state index contributed by atoms with van der Waals surface area (Å²) in [5.74, 6) is -0.433. The molecule has 0 bridgehead atoms. The molecule has 3 amide bonds. The molecule has 0 aromatic carbocycles. The molecule has 0 saturated carbocycles. The molecular formula is C19H30N2O7. The topological polar surface area (TPSA) is 94.6 Å². The second kappa shape index (κ2) is 13.4. The van der Waals surface area contributed by atoms with Crippen LogP contribution in [0.25, 0.3) is 0 Å². The minimum atomic E-state index is -0.302. The summed E-state index contributed by atoms with van der Waals surface area (Å²) in [6.45, 7) is 5.34. The second-order valence-corrected chi connectivity index (χ2v) is 6.45. The quantitative estimate of drug-likeness (QED) is 0.283. The monoisotopic (exact) mass is 398 g/mol. The zero-order valence-corrected chi connectivity index (χ0v) is 16.3. The largest absolute Gasteiger partial charge is 0.379 e. The molecule has 0 aliphatic carbocycles. The molecule has 28 heavy (non-hydrogen) atoms. The number of rotatable bonds is 15. The molecule has 0 radical (unpaired) electrons. The highest BCUT2D eigenvalue weighted by Crippen LogP contribution is 2.08. The molecule has 0 aromatic heterocycles. The summed E-state index contributed by atoms with van der Waals surface area (Å²) in [6, 6.07) is 0. The zero-order valence-electron chi connectivity index (χ0n) is 16.3. The minimum absolute atomic E-state index is 0.171. The number of ether oxygens (including phenoxy) is 4. The third kappa shape index (κ3) is 8.47. The van der Waals surface area contributed by atoms with Crippen LogP contribution in [0.3, 0.4) is 0 Å². The maximum Gasteiger partial charge on any atom is 0.253 e. The van der Waals surface area contributed by atoms with Gasteiger partial charge in [0.15, 0.2) is 0 Å². The van der Waals surface area contributed by atoms with Gasteiger partial charge >= 0.3 is 0 Å². The van der Waals surface area contributed by atoms with E-state index in [9.17, 15) is 14.4 Å². The van der Waals surface area contributed by atoms with E-state index in [1.807, 2.05) is 4.90 Å². The fraction of sp³-hybridized carbons (Fsp3) is 0.737. The fourth-order valence-electron chi connectivity index (χ4n) is 2.85. The lowest BCUT2D eigenvalue weighted by Gasteiger charge is -2.14. The summed E-state index contributed by atoms with van der Waals surface area (Å²) >= 11 is 0. The molecule has 0 unspecified atom stereocenters. The minimum Gasteiger partial charge on any atom is -0.379 e. The van der Waals surface area contributed by atoms with E-state index in [0.717, 1.165) is 30.8 Å². The molecule has 0 atom stereocenters. The van der Waals surface area contributed by atoms with E-state index in [1.165, 1.54) is 12.2 Å². The lowest BCUT2D eigenvalue weighted by atomic mass is 10.4. The lowest BCUT2D eigenvalue weighted by molar-refractivity contribution is -0.137. The average molecular weight is 398 g/mol. The van der Waals surface area contributed by atoms with Gasteiger partial charge in [0, 0.05) is 25.2 Å². The Morgan fingerprint density at radius 3 is 1.75 bits per heavy atom. The van der Waals surface area contributed by atoms with Crippen molar-refractivity contribution in [1.29, 1.82) is 0 Å². The van der Waals surface area contributed by atoms with Crippen molar-refractivity contribution in [2.24, 2.45) is 0 Å². The van der Waals surface area contributed by atoms with Crippen molar-refractivity contribution in [3.63, 3.8) is 0 Å². The van der Waals surface area contributed by atoms with Crippen LogP contribution in [0.2, 0.25) is 0 Å². The summed E-state index contributed by atoms with van der Waals surface area (Å²) < 4.78 is 21.5. The maximum absolute atomic E-state index is 11.8. The van der Waals surface area contributed by atoms with Gasteiger partial charge in [-0.1, -0.05) is 0 Å². The third-order valence-corrected chi connectivity index (χ3v) is 4.39.